The minimum Gasteiger partial charge on any atom is -0.311 e. The van der Waals surface area contributed by atoms with Gasteiger partial charge in [-0.1, -0.05) is 27.2 Å². The van der Waals surface area contributed by atoms with Crippen molar-refractivity contribution in [1.82, 2.24) is 10.2 Å². The third-order valence-corrected chi connectivity index (χ3v) is 4.33. The molecule has 0 spiro atoms. The van der Waals surface area contributed by atoms with Gasteiger partial charge in [-0.05, 0) is 18.6 Å². The number of nitrogens with one attached hydrogen (secondary N) is 1. The summed E-state index contributed by atoms with van der Waals surface area (Å²) in [5, 5.41) is 3.69. The fourth-order valence-corrected chi connectivity index (χ4v) is 3.13. The Labute approximate surface area is 106 Å². The van der Waals surface area contributed by atoms with Gasteiger partial charge in [-0.25, -0.2) is 0 Å². The molecule has 2 unspecified atom stereocenters. The summed E-state index contributed by atoms with van der Waals surface area (Å²) in [5.74, 6) is 2.55. The van der Waals surface area contributed by atoms with Crippen molar-refractivity contribution in [2.24, 2.45) is 0 Å². The summed E-state index contributed by atoms with van der Waals surface area (Å²) in [7, 11) is 0. The maximum absolute atomic E-state index is 3.69. The van der Waals surface area contributed by atoms with Crippen LogP contribution in [0.15, 0.2) is 0 Å². The molecule has 1 rings (SSSR count). The highest BCUT2D eigenvalue weighted by Gasteiger charge is 2.25. The van der Waals surface area contributed by atoms with E-state index in [2.05, 4.69) is 42.7 Å². The topological polar surface area (TPSA) is 15.3 Å². The summed E-state index contributed by atoms with van der Waals surface area (Å²) >= 11 is 2.07. The van der Waals surface area contributed by atoms with E-state index >= 15 is 0 Å². The van der Waals surface area contributed by atoms with Gasteiger partial charge >= 0.3 is 0 Å². The average Bonchev–Trinajstić information content (AvgIpc) is 2.30. The Bertz CT molecular complexity index is 175. The fraction of sp³-hybridized carbons (Fsp3) is 1.00. The summed E-state index contributed by atoms with van der Waals surface area (Å²) in [5.41, 5.74) is 0. The lowest BCUT2D eigenvalue weighted by atomic mass is 10.0. The molecule has 0 bridgehead atoms. The summed E-state index contributed by atoms with van der Waals surface area (Å²) in [6.07, 6.45) is 3.91. The molecule has 0 saturated carbocycles. The zero-order chi connectivity index (χ0) is 11.8. The average molecular weight is 244 g/mol. The molecule has 1 heterocycles. The van der Waals surface area contributed by atoms with Crippen LogP contribution in [0.1, 0.15) is 40.0 Å². The maximum atomic E-state index is 3.69. The van der Waals surface area contributed by atoms with Crippen LogP contribution in [-0.4, -0.2) is 48.1 Å². The summed E-state index contributed by atoms with van der Waals surface area (Å²) < 4.78 is 0. The molecule has 3 heteroatoms. The van der Waals surface area contributed by atoms with E-state index in [0.717, 1.165) is 12.1 Å². The van der Waals surface area contributed by atoms with E-state index in [1.807, 2.05) is 0 Å². The van der Waals surface area contributed by atoms with Crippen LogP contribution in [0.25, 0.3) is 0 Å². The van der Waals surface area contributed by atoms with E-state index in [4.69, 9.17) is 0 Å². The van der Waals surface area contributed by atoms with Crippen molar-refractivity contribution in [3.63, 3.8) is 0 Å². The Hall–Kier alpha value is 0.270. The van der Waals surface area contributed by atoms with Gasteiger partial charge in [-0.15, -0.1) is 0 Å². The Morgan fingerprint density at radius 1 is 1.31 bits per heavy atom. The lowest BCUT2D eigenvalue weighted by molar-refractivity contribution is 0.131. The van der Waals surface area contributed by atoms with Crippen LogP contribution in [0.5, 0.6) is 0 Å². The number of hydrogen-bond acceptors (Lipinski definition) is 3. The molecule has 0 aromatic rings. The van der Waals surface area contributed by atoms with Crippen LogP contribution in [0.4, 0.5) is 0 Å². The molecular weight excluding hydrogens is 216 g/mol. The molecule has 0 radical (unpaired) electrons. The van der Waals surface area contributed by atoms with Gasteiger partial charge in [0.25, 0.3) is 0 Å². The fourth-order valence-electron chi connectivity index (χ4n) is 2.47. The predicted octanol–water partition coefficient (Wildman–Crippen LogP) is 2.59. The minimum atomic E-state index is 0.736. The van der Waals surface area contributed by atoms with Crippen LogP contribution < -0.4 is 5.32 Å². The number of piperazine rings is 1. The first-order valence-corrected chi connectivity index (χ1v) is 8.02. The molecule has 0 amide bonds. The monoisotopic (exact) mass is 244 g/mol. The van der Waals surface area contributed by atoms with Crippen molar-refractivity contribution in [3.05, 3.63) is 0 Å². The van der Waals surface area contributed by atoms with Gasteiger partial charge in [0.1, 0.15) is 0 Å². The van der Waals surface area contributed by atoms with E-state index in [9.17, 15) is 0 Å². The van der Waals surface area contributed by atoms with Crippen molar-refractivity contribution < 1.29 is 0 Å². The molecule has 0 aliphatic carbocycles. The second-order valence-electron chi connectivity index (χ2n) is 4.65. The largest absolute Gasteiger partial charge is 0.311 e. The van der Waals surface area contributed by atoms with Crippen LogP contribution in [0.3, 0.4) is 0 Å². The molecular formula is C13H28N2S. The molecule has 96 valence electrons. The molecule has 1 saturated heterocycles. The zero-order valence-electron chi connectivity index (χ0n) is 11.2. The molecule has 1 fully saturated rings. The SMILES string of the molecule is CCCC1CN(CCSCC)C(CC)CN1. The van der Waals surface area contributed by atoms with Crippen molar-refractivity contribution in [2.45, 2.75) is 52.1 Å². The number of hydrogen-bond donors (Lipinski definition) is 1. The van der Waals surface area contributed by atoms with E-state index in [0.29, 0.717) is 0 Å². The highest BCUT2D eigenvalue weighted by molar-refractivity contribution is 7.99. The predicted molar refractivity (Wildman–Crippen MR) is 75.3 cm³/mol. The van der Waals surface area contributed by atoms with Crippen molar-refractivity contribution >= 4 is 11.8 Å². The second kappa shape index (κ2) is 8.37. The molecule has 0 aromatic heterocycles. The Balaban J connectivity index is 2.34. The van der Waals surface area contributed by atoms with Crippen molar-refractivity contribution in [3.8, 4) is 0 Å². The molecule has 0 aromatic carbocycles. The van der Waals surface area contributed by atoms with E-state index < -0.39 is 0 Å². The van der Waals surface area contributed by atoms with E-state index in [-0.39, 0.29) is 0 Å². The smallest absolute Gasteiger partial charge is 0.0219 e. The number of nitrogens with zero attached hydrogens (tertiary/aromatic N) is 1. The minimum absolute atomic E-state index is 0.736. The number of thioether (sulfide) groups is 1. The second-order valence-corrected chi connectivity index (χ2v) is 6.04. The van der Waals surface area contributed by atoms with E-state index in [1.54, 1.807) is 0 Å². The Kier molecular flexibility index (Phi) is 7.50. The van der Waals surface area contributed by atoms with Crippen LogP contribution in [0.2, 0.25) is 0 Å². The third kappa shape index (κ3) is 4.64. The quantitative estimate of drug-likeness (QED) is 0.693. The van der Waals surface area contributed by atoms with Crippen LogP contribution >= 0.6 is 11.8 Å². The molecule has 1 aliphatic rings. The van der Waals surface area contributed by atoms with E-state index in [1.165, 1.54) is 50.4 Å². The molecule has 16 heavy (non-hydrogen) atoms. The highest BCUT2D eigenvalue weighted by Crippen LogP contribution is 2.14. The first kappa shape index (κ1) is 14.3. The molecule has 2 nitrogen and oxygen atoms in total. The van der Waals surface area contributed by atoms with Crippen molar-refractivity contribution in [1.29, 1.82) is 0 Å². The van der Waals surface area contributed by atoms with Crippen molar-refractivity contribution in [2.75, 3.05) is 31.1 Å². The Morgan fingerprint density at radius 3 is 2.75 bits per heavy atom. The first-order valence-electron chi connectivity index (χ1n) is 6.86. The standard InChI is InChI=1S/C13H28N2S/c1-4-7-12-11-15(8-9-16-6-3)13(5-2)10-14-12/h12-14H,4-11H2,1-3H3. The van der Waals surface area contributed by atoms with Crippen LogP contribution in [0, 0.1) is 0 Å². The van der Waals surface area contributed by atoms with Crippen LogP contribution in [-0.2, 0) is 0 Å². The van der Waals surface area contributed by atoms with Gasteiger partial charge in [-0.3, -0.25) is 4.90 Å². The molecule has 2 atom stereocenters. The lowest BCUT2D eigenvalue weighted by Gasteiger charge is -2.40. The summed E-state index contributed by atoms with van der Waals surface area (Å²) in [4.78, 5) is 2.71. The summed E-state index contributed by atoms with van der Waals surface area (Å²) in [6.45, 7) is 10.6. The normalized spacial score (nSPS) is 27.2. The summed E-state index contributed by atoms with van der Waals surface area (Å²) in [6, 6.07) is 1.50. The molecule has 1 N–H and O–H groups in total. The van der Waals surface area contributed by atoms with Gasteiger partial charge in [0.15, 0.2) is 0 Å². The van der Waals surface area contributed by atoms with Gasteiger partial charge in [-0.2, -0.15) is 11.8 Å². The highest BCUT2D eigenvalue weighted by atomic mass is 32.2. The number of rotatable bonds is 7. The van der Waals surface area contributed by atoms with Gasteiger partial charge in [0.05, 0.1) is 0 Å². The lowest BCUT2D eigenvalue weighted by Crippen LogP contribution is -2.56. The van der Waals surface area contributed by atoms with Gasteiger partial charge in [0, 0.05) is 37.5 Å². The maximum Gasteiger partial charge on any atom is 0.0219 e. The Morgan fingerprint density at radius 2 is 2.12 bits per heavy atom. The first-order chi connectivity index (χ1) is 7.81. The molecule has 1 aliphatic heterocycles. The van der Waals surface area contributed by atoms with Gasteiger partial charge in [0.2, 0.25) is 0 Å². The third-order valence-electron chi connectivity index (χ3n) is 3.45. The van der Waals surface area contributed by atoms with Gasteiger partial charge < -0.3 is 5.32 Å². The zero-order valence-corrected chi connectivity index (χ0v) is 12.0.